The molecule has 0 heterocycles. The number of likely N-dealkylation sites (N-methyl/N-ethyl adjacent to an activating group) is 1. The molecule has 3 atom stereocenters. The van der Waals surface area contributed by atoms with Crippen LogP contribution in [-0.4, -0.2) is 68.5 Å². The molecule has 0 bridgehead atoms. The third-order valence-corrected chi connectivity index (χ3v) is 14.2. The highest BCUT2D eigenvalue weighted by Gasteiger charge is 2.24. The number of phosphoric ester groups is 1. The molecule has 9 heteroatoms. The fourth-order valence-corrected chi connectivity index (χ4v) is 9.38. The topological polar surface area (TPSA) is 108 Å². The van der Waals surface area contributed by atoms with Crippen molar-refractivity contribution in [1.29, 1.82) is 0 Å². The lowest BCUT2D eigenvalue weighted by molar-refractivity contribution is -0.870. The van der Waals surface area contributed by atoms with Gasteiger partial charge < -0.3 is 28.8 Å². The molecule has 0 aromatic heterocycles. The van der Waals surface area contributed by atoms with E-state index in [9.17, 15) is 19.4 Å². The van der Waals surface area contributed by atoms with E-state index in [0.29, 0.717) is 23.9 Å². The van der Waals surface area contributed by atoms with Gasteiger partial charge in [-0.2, -0.15) is 0 Å². The first kappa shape index (κ1) is 65.0. The van der Waals surface area contributed by atoms with Crippen molar-refractivity contribution >= 4 is 13.7 Å². The SMILES string of the molecule is CCCCCCC/C=C\C/C=C\CCCCCCCCCCCCCCCCCCCCCC(=O)NC(COP(=O)([O-])OCC[N+](C)(C)C)C(O)CCCCCCCCCCCCCCC. The average Bonchev–Trinajstić information content (AvgIpc) is 3.28. The molecular weight excluding hydrogens is 840 g/mol. The Kier molecular flexibility index (Phi) is 48.2. The zero-order valence-corrected chi connectivity index (χ0v) is 45.6. The van der Waals surface area contributed by atoms with Crippen molar-refractivity contribution in [3.8, 4) is 0 Å². The van der Waals surface area contributed by atoms with Gasteiger partial charge in [0, 0.05) is 6.42 Å². The van der Waals surface area contributed by atoms with Crippen LogP contribution >= 0.6 is 7.82 Å². The molecule has 3 unspecified atom stereocenters. The number of nitrogens with one attached hydrogen (secondary N) is 1. The fourth-order valence-electron chi connectivity index (χ4n) is 8.66. The van der Waals surface area contributed by atoms with E-state index in [0.717, 1.165) is 44.9 Å². The van der Waals surface area contributed by atoms with Crippen LogP contribution in [0.5, 0.6) is 0 Å². The zero-order chi connectivity index (χ0) is 48.5. The third kappa shape index (κ3) is 50.8. The molecular formula is C57H113N2O6P. The van der Waals surface area contributed by atoms with Crippen LogP contribution in [0.15, 0.2) is 24.3 Å². The van der Waals surface area contributed by atoms with E-state index in [-0.39, 0.29) is 19.1 Å². The highest BCUT2D eigenvalue weighted by Crippen LogP contribution is 2.38. The van der Waals surface area contributed by atoms with Gasteiger partial charge in [-0.25, -0.2) is 0 Å². The first-order valence-electron chi connectivity index (χ1n) is 28.7. The number of hydrogen-bond donors (Lipinski definition) is 2. The summed E-state index contributed by atoms with van der Waals surface area (Å²) >= 11 is 0. The molecule has 0 fully saturated rings. The van der Waals surface area contributed by atoms with Crippen molar-refractivity contribution in [2.75, 3.05) is 40.9 Å². The lowest BCUT2D eigenvalue weighted by atomic mass is 10.0. The Balaban J connectivity index is 3.99. The normalized spacial score (nSPS) is 14.1. The number of quaternary nitrogens is 1. The molecule has 0 aromatic rings. The summed E-state index contributed by atoms with van der Waals surface area (Å²) in [5, 5.41) is 14.0. The largest absolute Gasteiger partial charge is 0.756 e. The van der Waals surface area contributed by atoms with Crippen molar-refractivity contribution < 1.29 is 32.9 Å². The van der Waals surface area contributed by atoms with E-state index in [1.54, 1.807) is 0 Å². The minimum Gasteiger partial charge on any atom is -0.756 e. The van der Waals surface area contributed by atoms with Crippen molar-refractivity contribution in [2.45, 2.75) is 296 Å². The van der Waals surface area contributed by atoms with Crippen LogP contribution in [0, 0.1) is 0 Å². The maximum atomic E-state index is 13.0. The predicted molar refractivity (Wildman–Crippen MR) is 284 cm³/mol. The molecule has 0 aromatic carbocycles. The molecule has 0 aliphatic carbocycles. The maximum absolute atomic E-state index is 13.0. The third-order valence-electron chi connectivity index (χ3n) is 13.2. The lowest BCUT2D eigenvalue weighted by Crippen LogP contribution is -2.46. The zero-order valence-electron chi connectivity index (χ0n) is 44.7. The Morgan fingerprint density at radius 2 is 0.879 bits per heavy atom. The Hall–Kier alpha value is -1.02. The van der Waals surface area contributed by atoms with Gasteiger partial charge in [0.2, 0.25) is 5.91 Å². The number of amides is 1. The standard InChI is InChI=1S/C57H113N2O6P/c1-6-8-10-12-14-16-18-20-21-22-23-24-25-26-27-28-29-30-31-32-33-34-35-36-37-39-41-43-45-47-49-51-57(61)58-55(54-65-66(62,63)64-53-52-59(3,4)5)56(60)50-48-46-44-42-40-38-19-17-15-13-11-9-7-2/h18,20,22-23,55-56,60H,6-17,19,21,24-54H2,1-5H3,(H-,58,61,62,63)/b20-18-,23-22-. The molecule has 0 radical (unpaired) electrons. The molecule has 1 amide bonds. The Labute approximate surface area is 411 Å². The van der Waals surface area contributed by atoms with Gasteiger partial charge in [-0.1, -0.05) is 256 Å². The smallest absolute Gasteiger partial charge is 0.268 e. The molecule has 392 valence electrons. The van der Waals surface area contributed by atoms with E-state index in [4.69, 9.17) is 9.05 Å². The highest BCUT2D eigenvalue weighted by molar-refractivity contribution is 7.45. The molecule has 8 nitrogen and oxygen atoms in total. The summed E-state index contributed by atoms with van der Waals surface area (Å²) in [6, 6.07) is -0.797. The number of hydrogen-bond acceptors (Lipinski definition) is 6. The van der Waals surface area contributed by atoms with Gasteiger partial charge >= 0.3 is 0 Å². The van der Waals surface area contributed by atoms with Crippen molar-refractivity contribution in [3.05, 3.63) is 24.3 Å². The molecule has 2 N–H and O–H groups in total. The number of nitrogens with zero attached hydrogens (tertiary/aromatic N) is 1. The van der Waals surface area contributed by atoms with E-state index >= 15 is 0 Å². The van der Waals surface area contributed by atoms with Crippen molar-refractivity contribution in [3.63, 3.8) is 0 Å². The number of allylic oxidation sites excluding steroid dienone is 4. The minimum atomic E-state index is -4.57. The number of aliphatic hydroxyl groups is 1. The van der Waals surface area contributed by atoms with Gasteiger partial charge in [0.15, 0.2) is 0 Å². The van der Waals surface area contributed by atoms with Crippen LogP contribution < -0.4 is 10.2 Å². The van der Waals surface area contributed by atoms with E-state index in [2.05, 4.69) is 43.5 Å². The molecule has 0 rings (SSSR count). The minimum absolute atomic E-state index is 0.0144. The number of rotatable bonds is 53. The van der Waals surface area contributed by atoms with Crippen LogP contribution in [0.3, 0.4) is 0 Å². The molecule has 0 aliphatic rings. The Morgan fingerprint density at radius 1 is 0.530 bits per heavy atom. The van der Waals surface area contributed by atoms with Crippen LogP contribution in [0.25, 0.3) is 0 Å². The molecule has 0 saturated carbocycles. The summed E-state index contributed by atoms with van der Waals surface area (Å²) in [5.74, 6) is -0.161. The molecule has 66 heavy (non-hydrogen) atoms. The summed E-state index contributed by atoms with van der Waals surface area (Å²) in [6.07, 6.45) is 60.7. The predicted octanol–water partition coefficient (Wildman–Crippen LogP) is 16.6. The van der Waals surface area contributed by atoms with Gasteiger partial charge in [0.05, 0.1) is 39.9 Å². The second kappa shape index (κ2) is 49.0. The number of carbonyl (C=O) groups is 1. The van der Waals surface area contributed by atoms with Crippen LogP contribution in [0.2, 0.25) is 0 Å². The maximum Gasteiger partial charge on any atom is 0.268 e. The first-order valence-corrected chi connectivity index (χ1v) is 30.1. The fraction of sp³-hybridized carbons (Fsp3) is 0.912. The van der Waals surface area contributed by atoms with Gasteiger partial charge in [0.25, 0.3) is 7.82 Å². The molecule has 0 spiro atoms. The van der Waals surface area contributed by atoms with Crippen LogP contribution in [0.4, 0.5) is 0 Å². The number of aliphatic hydroxyl groups excluding tert-OH is 1. The van der Waals surface area contributed by atoms with E-state index in [1.165, 1.54) is 212 Å². The summed E-state index contributed by atoms with van der Waals surface area (Å²) in [5.41, 5.74) is 0. The van der Waals surface area contributed by atoms with Gasteiger partial charge in [-0.05, 0) is 44.9 Å². The Bertz CT molecular complexity index is 1130. The summed E-state index contributed by atoms with van der Waals surface area (Å²) in [4.78, 5) is 25.5. The van der Waals surface area contributed by atoms with E-state index in [1.807, 2.05) is 21.1 Å². The highest BCUT2D eigenvalue weighted by atomic mass is 31.2. The summed E-state index contributed by atoms with van der Waals surface area (Å²) in [6.45, 7) is 4.74. The van der Waals surface area contributed by atoms with Gasteiger partial charge in [-0.15, -0.1) is 0 Å². The monoisotopic (exact) mass is 953 g/mol. The molecule has 0 aliphatic heterocycles. The molecule has 0 saturated heterocycles. The second-order valence-corrected chi connectivity index (χ2v) is 22.4. The van der Waals surface area contributed by atoms with Crippen molar-refractivity contribution in [2.24, 2.45) is 0 Å². The van der Waals surface area contributed by atoms with Gasteiger partial charge in [0.1, 0.15) is 13.2 Å². The van der Waals surface area contributed by atoms with Gasteiger partial charge in [-0.3, -0.25) is 9.36 Å². The van der Waals surface area contributed by atoms with Crippen molar-refractivity contribution in [1.82, 2.24) is 5.32 Å². The second-order valence-electron chi connectivity index (χ2n) is 21.0. The lowest BCUT2D eigenvalue weighted by Gasteiger charge is -2.30. The number of carbonyl (C=O) groups excluding carboxylic acids is 1. The number of phosphoric acid groups is 1. The van der Waals surface area contributed by atoms with E-state index < -0.39 is 20.0 Å². The summed E-state index contributed by atoms with van der Waals surface area (Å²) < 4.78 is 23.4. The quantitative estimate of drug-likeness (QED) is 0.0272. The summed E-state index contributed by atoms with van der Waals surface area (Å²) in [7, 11) is 1.32. The average molecular weight is 954 g/mol. The Morgan fingerprint density at radius 3 is 1.26 bits per heavy atom. The van der Waals surface area contributed by atoms with Crippen LogP contribution in [-0.2, 0) is 18.4 Å². The number of unbranched alkanes of at least 4 members (excludes halogenated alkanes) is 36. The van der Waals surface area contributed by atoms with Crippen LogP contribution in [0.1, 0.15) is 284 Å². The first-order chi connectivity index (χ1) is 32.0.